The fraction of sp³-hybridized carbons (Fsp3) is 0.333. The molecule has 1 aliphatic heterocycles. The molecule has 6 nitrogen and oxygen atoms in total. The summed E-state index contributed by atoms with van der Waals surface area (Å²) >= 11 is 0. The lowest BCUT2D eigenvalue weighted by molar-refractivity contribution is 0.567. The molecule has 1 aromatic heterocycles. The maximum atomic E-state index is 13.2. The Hall–Kier alpha value is -2.29. The molecule has 1 aromatic carbocycles. The summed E-state index contributed by atoms with van der Waals surface area (Å²) in [4.78, 5) is 9.84. The fourth-order valence-corrected chi connectivity index (χ4v) is 3.60. The van der Waals surface area contributed by atoms with E-state index in [9.17, 15) is 17.2 Å². The standard InChI is InChI=1S/C15H16F2N4O2S/c16-11-6-12(17)8-14(7-11)24(22,23)20-13-9-18-15(19-10-13)21-4-2-1-3-5-21/h6-10,20H,1-5H2. The summed E-state index contributed by atoms with van der Waals surface area (Å²) < 4.78 is 53.0. The van der Waals surface area contributed by atoms with Gasteiger partial charge in [-0.3, -0.25) is 4.72 Å². The maximum absolute atomic E-state index is 13.2. The first-order valence-electron chi connectivity index (χ1n) is 7.50. The van der Waals surface area contributed by atoms with Gasteiger partial charge in [0.1, 0.15) is 11.6 Å². The average Bonchev–Trinajstić information content (AvgIpc) is 2.55. The molecule has 1 fully saturated rings. The Kier molecular flexibility index (Phi) is 4.61. The van der Waals surface area contributed by atoms with Crippen LogP contribution < -0.4 is 9.62 Å². The van der Waals surface area contributed by atoms with Crippen molar-refractivity contribution < 1.29 is 17.2 Å². The number of halogens is 2. The van der Waals surface area contributed by atoms with Crippen molar-refractivity contribution in [3.05, 3.63) is 42.2 Å². The summed E-state index contributed by atoms with van der Waals surface area (Å²) in [6.45, 7) is 1.74. The molecule has 0 saturated carbocycles. The second-order valence-corrected chi connectivity index (χ2v) is 7.21. The van der Waals surface area contributed by atoms with E-state index >= 15 is 0 Å². The van der Waals surface area contributed by atoms with Crippen LogP contribution in [0.4, 0.5) is 20.4 Å². The van der Waals surface area contributed by atoms with E-state index in [1.165, 1.54) is 18.8 Å². The lowest BCUT2D eigenvalue weighted by atomic mass is 10.1. The van der Waals surface area contributed by atoms with Crippen LogP contribution in [0.5, 0.6) is 0 Å². The molecule has 128 valence electrons. The van der Waals surface area contributed by atoms with Crippen molar-refractivity contribution in [1.29, 1.82) is 0 Å². The minimum Gasteiger partial charge on any atom is -0.341 e. The summed E-state index contributed by atoms with van der Waals surface area (Å²) in [5.41, 5.74) is 0.125. The number of sulfonamides is 1. The molecule has 0 amide bonds. The van der Waals surface area contributed by atoms with E-state index in [1.807, 2.05) is 4.90 Å². The fourth-order valence-electron chi connectivity index (χ4n) is 2.53. The Morgan fingerprint density at radius 2 is 1.54 bits per heavy atom. The van der Waals surface area contributed by atoms with Crippen molar-refractivity contribution in [2.24, 2.45) is 0 Å². The van der Waals surface area contributed by atoms with Gasteiger partial charge < -0.3 is 4.90 Å². The van der Waals surface area contributed by atoms with Crippen LogP contribution in [0.25, 0.3) is 0 Å². The highest BCUT2D eigenvalue weighted by Gasteiger charge is 2.18. The molecule has 0 bridgehead atoms. The highest BCUT2D eigenvalue weighted by Crippen LogP contribution is 2.19. The monoisotopic (exact) mass is 354 g/mol. The first kappa shape index (κ1) is 16.6. The first-order valence-corrected chi connectivity index (χ1v) is 8.98. The molecule has 24 heavy (non-hydrogen) atoms. The molecule has 0 radical (unpaired) electrons. The van der Waals surface area contributed by atoms with Gasteiger partial charge in [-0.1, -0.05) is 0 Å². The zero-order chi connectivity index (χ0) is 17.2. The van der Waals surface area contributed by atoms with Crippen molar-refractivity contribution in [2.45, 2.75) is 24.2 Å². The zero-order valence-corrected chi connectivity index (χ0v) is 13.6. The van der Waals surface area contributed by atoms with Crippen molar-refractivity contribution in [3.63, 3.8) is 0 Å². The molecular weight excluding hydrogens is 338 g/mol. The normalized spacial score (nSPS) is 15.3. The largest absolute Gasteiger partial charge is 0.341 e. The lowest BCUT2D eigenvalue weighted by Crippen LogP contribution is -2.30. The van der Waals surface area contributed by atoms with E-state index in [-0.39, 0.29) is 5.69 Å². The van der Waals surface area contributed by atoms with E-state index in [2.05, 4.69) is 14.7 Å². The third-order valence-corrected chi connectivity index (χ3v) is 5.04. The minimum atomic E-state index is -4.12. The number of nitrogens with zero attached hydrogens (tertiary/aromatic N) is 3. The molecule has 3 rings (SSSR count). The Bertz CT molecular complexity index is 802. The van der Waals surface area contributed by atoms with Gasteiger partial charge in [0, 0.05) is 19.2 Å². The smallest absolute Gasteiger partial charge is 0.262 e. The Morgan fingerprint density at radius 1 is 0.958 bits per heavy atom. The lowest BCUT2D eigenvalue weighted by Gasteiger charge is -2.26. The van der Waals surface area contributed by atoms with Gasteiger partial charge in [0.25, 0.3) is 10.0 Å². The molecule has 0 unspecified atom stereocenters. The van der Waals surface area contributed by atoms with Crippen LogP contribution in [0.1, 0.15) is 19.3 Å². The van der Waals surface area contributed by atoms with Gasteiger partial charge in [0.05, 0.1) is 23.0 Å². The molecule has 2 heterocycles. The van der Waals surface area contributed by atoms with Gasteiger partial charge in [-0.05, 0) is 31.4 Å². The van der Waals surface area contributed by atoms with Crippen LogP contribution in [0, 0.1) is 11.6 Å². The highest BCUT2D eigenvalue weighted by atomic mass is 32.2. The first-order chi connectivity index (χ1) is 11.4. The zero-order valence-electron chi connectivity index (χ0n) is 12.7. The molecule has 1 saturated heterocycles. The van der Waals surface area contributed by atoms with E-state index in [0.29, 0.717) is 12.0 Å². The predicted molar refractivity (Wildman–Crippen MR) is 85.3 cm³/mol. The minimum absolute atomic E-state index is 0.125. The molecule has 0 spiro atoms. The van der Waals surface area contributed by atoms with Crippen molar-refractivity contribution >= 4 is 21.7 Å². The second kappa shape index (κ2) is 6.68. The van der Waals surface area contributed by atoms with E-state index < -0.39 is 26.6 Å². The van der Waals surface area contributed by atoms with Crippen LogP contribution in [0.15, 0.2) is 35.5 Å². The molecule has 9 heteroatoms. The number of piperidine rings is 1. The van der Waals surface area contributed by atoms with Crippen molar-refractivity contribution in [3.8, 4) is 0 Å². The van der Waals surface area contributed by atoms with Crippen LogP contribution >= 0.6 is 0 Å². The number of nitrogens with one attached hydrogen (secondary N) is 1. The summed E-state index contributed by atoms with van der Waals surface area (Å²) in [5.74, 6) is -1.39. The molecule has 0 aliphatic carbocycles. The van der Waals surface area contributed by atoms with Gasteiger partial charge in [0.15, 0.2) is 0 Å². The number of hydrogen-bond acceptors (Lipinski definition) is 5. The molecule has 0 atom stereocenters. The van der Waals surface area contributed by atoms with Crippen LogP contribution in [0.3, 0.4) is 0 Å². The topological polar surface area (TPSA) is 75.2 Å². The second-order valence-electron chi connectivity index (χ2n) is 5.53. The van der Waals surface area contributed by atoms with Gasteiger partial charge >= 0.3 is 0 Å². The summed E-state index contributed by atoms with van der Waals surface area (Å²) in [6.07, 6.45) is 6.00. The third-order valence-electron chi connectivity index (χ3n) is 3.68. The Labute approximate surface area is 138 Å². The van der Waals surface area contributed by atoms with Gasteiger partial charge in [-0.25, -0.2) is 27.2 Å². The van der Waals surface area contributed by atoms with Gasteiger partial charge in [-0.15, -0.1) is 0 Å². The Balaban J connectivity index is 1.77. The SMILES string of the molecule is O=S(=O)(Nc1cnc(N2CCCCC2)nc1)c1cc(F)cc(F)c1. The molecule has 1 N–H and O–H groups in total. The van der Waals surface area contributed by atoms with Crippen molar-refractivity contribution in [2.75, 3.05) is 22.7 Å². The highest BCUT2D eigenvalue weighted by molar-refractivity contribution is 7.92. The average molecular weight is 354 g/mol. The molecule has 1 aliphatic rings. The number of anilines is 2. The van der Waals surface area contributed by atoms with E-state index in [4.69, 9.17) is 0 Å². The molecule has 2 aromatic rings. The van der Waals surface area contributed by atoms with Crippen LogP contribution in [0.2, 0.25) is 0 Å². The predicted octanol–water partition coefficient (Wildman–Crippen LogP) is 2.55. The van der Waals surface area contributed by atoms with E-state index in [0.717, 1.165) is 38.1 Å². The van der Waals surface area contributed by atoms with Gasteiger partial charge in [0.2, 0.25) is 5.95 Å². The Morgan fingerprint density at radius 3 is 2.12 bits per heavy atom. The number of aromatic nitrogens is 2. The third kappa shape index (κ3) is 3.78. The summed E-state index contributed by atoms with van der Waals surface area (Å²) in [6, 6.07) is 2.10. The van der Waals surface area contributed by atoms with Crippen LogP contribution in [-0.2, 0) is 10.0 Å². The molecular formula is C15H16F2N4O2S. The van der Waals surface area contributed by atoms with Gasteiger partial charge in [-0.2, -0.15) is 0 Å². The number of rotatable bonds is 4. The maximum Gasteiger partial charge on any atom is 0.262 e. The summed E-state index contributed by atoms with van der Waals surface area (Å²) in [5, 5.41) is 0. The number of benzene rings is 1. The van der Waals surface area contributed by atoms with E-state index in [1.54, 1.807) is 0 Å². The summed E-state index contributed by atoms with van der Waals surface area (Å²) in [7, 11) is -4.12. The quantitative estimate of drug-likeness (QED) is 0.913. The van der Waals surface area contributed by atoms with Crippen LogP contribution in [-0.4, -0.2) is 31.5 Å². The number of hydrogen-bond donors (Lipinski definition) is 1. The van der Waals surface area contributed by atoms with Crippen molar-refractivity contribution in [1.82, 2.24) is 9.97 Å².